The lowest BCUT2D eigenvalue weighted by molar-refractivity contribution is 0.213. The van der Waals surface area contributed by atoms with Crippen LogP contribution in [-0.2, 0) is 6.54 Å². The van der Waals surface area contributed by atoms with Gasteiger partial charge >= 0.3 is 0 Å². The third-order valence-electron chi connectivity index (χ3n) is 5.36. The van der Waals surface area contributed by atoms with Crippen LogP contribution in [0.3, 0.4) is 0 Å². The van der Waals surface area contributed by atoms with E-state index in [9.17, 15) is 0 Å². The Balaban J connectivity index is 1.56. The molecule has 1 aromatic carbocycles. The van der Waals surface area contributed by atoms with Gasteiger partial charge in [-0.1, -0.05) is 12.1 Å². The van der Waals surface area contributed by atoms with Crippen LogP contribution in [0, 0.1) is 0 Å². The van der Waals surface area contributed by atoms with Gasteiger partial charge in [0.2, 0.25) is 0 Å². The second-order valence-corrected chi connectivity index (χ2v) is 7.97. The summed E-state index contributed by atoms with van der Waals surface area (Å²) >= 11 is 0. The van der Waals surface area contributed by atoms with E-state index in [2.05, 4.69) is 45.5 Å². The van der Waals surface area contributed by atoms with Crippen LogP contribution in [0.5, 0.6) is 11.5 Å². The Morgan fingerprint density at radius 1 is 1.12 bits per heavy atom. The number of piperazine rings is 1. The van der Waals surface area contributed by atoms with Crippen LogP contribution < -0.4 is 25.0 Å². The van der Waals surface area contributed by atoms with Gasteiger partial charge in [-0.05, 0) is 50.7 Å². The topological polar surface area (TPSA) is 74.3 Å². The lowest BCUT2D eigenvalue weighted by atomic mass is 10.2. The van der Waals surface area contributed by atoms with Crippen molar-refractivity contribution < 1.29 is 9.47 Å². The Morgan fingerprint density at radius 3 is 2.59 bits per heavy atom. The fraction of sp³-hybridized carbons (Fsp3) is 0.500. The molecule has 8 heteroatoms. The van der Waals surface area contributed by atoms with Crippen molar-refractivity contribution in [3.8, 4) is 11.5 Å². The van der Waals surface area contributed by atoms with Gasteiger partial charge < -0.3 is 29.9 Å². The largest absolute Gasteiger partial charge is 0.493 e. The first-order valence-electron chi connectivity index (χ1n) is 11.3. The number of benzene rings is 1. The number of nitrogens with zero attached hydrogens (tertiary/aromatic N) is 4. The lowest BCUT2D eigenvalue weighted by Gasteiger charge is -2.33. The molecule has 0 bridgehead atoms. The molecule has 0 amide bonds. The van der Waals surface area contributed by atoms with Gasteiger partial charge in [0.15, 0.2) is 17.5 Å². The van der Waals surface area contributed by atoms with Crippen LogP contribution in [0.25, 0.3) is 0 Å². The first-order valence-corrected chi connectivity index (χ1v) is 11.3. The van der Waals surface area contributed by atoms with Crippen molar-refractivity contribution in [2.45, 2.75) is 26.5 Å². The van der Waals surface area contributed by atoms with Crippen molar-refractivity contribution in [2.75, 3.05) is 58.3 Å². The molecule has 1 saturated heterocycles. The Bertz CT molecular complexity index is 867. The highest BCUT2D eigenvalue weighted by molar-refractivity contribution is 5.79. The fourth-order valence-electron chi connectivity index (χ4n) is 3.49. The third kappa shape index (κ3) is 7.02. The quantitative estimate of drug-likeness (QED) is 0.458. The van der Waals surface area contributed by atoms with E-state index in [4.69, 9.17) is 14.5 Å². The predicted octanol–water partition coefficient (Wildman–Crippen LogP) is 2.36. The molecule has 1 atom stereocenters. The van der Waals surface area contributed by atoms with Crippen LogP contribution in [0.1, 0.15) is 19.4 Å². The molecule has 0 saturated carbocycles. The molecule has 1 aromatic heterocycles. The first kappa shape index (κ1) is 23.7. The number of rotatable bonds is 9. The van der Waals surface area contributed by atoms with Crippen LogP contribution in [0.4, 0.5) is 5.82 Å². The molecule has 1 unspecified atom stereocenters. The molecule has 174 valence electrons. The molecule has 32 heavy (non-hydrogen) atoms. The van der Waals surface area contributed by atoms with Crippen molar-refractivity contribution in [1.29, 1.82) is 0 Å². The Morgan fingerprint density at radius 2 is 1.88 bits per heavy atom. The standard InChI is InChI=1S/C24H36N6O2/c1-5-25-24(27-17-19(2)32-22-9-7-6-8-21(22)31-4)28-18-20-10-11-26-23(16-20)30-14-12-29(3)13-15-30/h6-11,16,19H,5,12-15,17-18H2,1-4H3,(H2,25,27,28). The van der Waals surface area contributed by atoms with E-state index in [1.165, 1.54) is 0 Å². The molecule has 1 aliphatic rings. The van der Waals surface area contributed by atoms with Gasteiger partial charge in [0.1, 0.15) is 11.9 Å². The van der Waals surface area contributed by atoms with E-state index in [1.54, 1.807) is 7.11 Å². The number of likely N-dealkylation sites (N-methyl/N-ethyl adjacent to an activating group) is 1. The summed E-state index contributed by atoms with van der Waals surface area (Å²) in [6, 6.07) is 11.8. The Kier molecular flexibility index (Phi) is 8.98. The van der Waals surface area contributed by atoms with Gasteiger partial charge in [-0.25, -0.2) is 9.98 Å². The summed E-state index contributed by atoms with van der Waals surface area (Å²) in [7, 11) is 3.81. The van der Waals surface area contributed by atoms with Gasteiger partial charge in [-0.2, -0.15) is 0 Å². The smallest absolute Gasteiger partial charge is 0.191 e. The van der Waals surface area contributed by atoms with Crippen molar-refractivity contribution in [3.05, 3.63) is 48.2 Å². The third-order valence-corrected chi connectivity index (χ3v) is 5.36. The average Bonchev–Trinajstić information content (AvgIpc) is 2.82. The zero-order valence-electron chi connectivity index (χ0n) is 19.7. The molecule has 0 spiro atoms. The zero-order chi connectivity index (χ0) is 22.8. The van der Waals surface area contributed by atoms with E-state index in [0.717, 1.165) is 61.6 Å². The zero-order valence-corrected chi connectivity index (χ0v) is 19.7. The molecule has 2 aromatic rings. The summed E-state index contributed by atoms with van der Waals surface area (Å²) in [5.41, 5.74) is 1.14. The van der Waals surface area contributed by atoms with Gasteiger partial charge in [-0.15, -0.1) is 0 Å². The summed E-state index contributed by atoms with van der Waals surface area (Å²) in [4.78, 5) is 14.0. The number of aromatic nitrogens is 1. The molecule has 0 aliphatic carbocycles. The monoisotopic (exact) mass is 440 g/mol. The summed E-state index contributed by atoms with van der Waals surface area (Å²) in [5.74, 6) is 3.26. The Labute approximate surface area is 191 Å². The van der Waals surface area contributed by atoms with Gasteiger partial charge in [-0.3, -0.25) is 0 Å². The number of methoxy groups -OCH3 is 1. The number of guanidine groups is 1. The van der Waals surface area contributed by atoms with Crippen molar-refractivity contribution >= 4 is 11.8 Å². The summed E-state index contributed by atoms with van der Waals surface area (Å²) in [6.45, 7) is 10.2. The number of hydrogen-bond donors (Lipinski definition) is 2. The summed E-state index contributed by atoms with van der Waals surface area (Å²) in [6.07, 6.45) is 1.82. The van der Waals surface area contributed by atoms with Gasteiger partial charge in [0, 0.05) is 38.9 Å². The van der Waals surface area contributed by atoms with Crippen molar-refractivity contribution in [2.24, 2.45) is 4.99 Å². The number of ether oxygens (including phenoxy) is 2. The van der Waals surface area contributed by atoms with Crippen LogP contribution in [0.2, 0.25) is 0 Å². The molecule has 1 aliphatic heterocycles. The molecule has 8 nitrogen and oxygen atoms in total. The maximum absolute atomic E-state index is 6.03. The number of anilines is 1. The summed E-state index contributed by atoms with van der Waals surface area (Å²) in [5, 5.41) is 6.68. The summed E-state index contributed by atoms with van der Waals surface area (Å²) < 4.78 is 11.4. The van der Waals surface area contributed by atoms with Crippen molar-refractivity contribution in [1.82, 2.24) is 20.5 Å². The number of pyridine rings is 1. The minimum absolute atomic E-state index is 0.0556. The van der Waals surface area contributed by atoms with Crippen LogP contribution in [0.15, 0.2) is 47.6 Å². The number of nitrogens with one attached hydrogen (secondary N) is 2. The lowest BCUT2D eigenvalue weighted by Crippen LogP contribution is -2.44. The SMILES string of the molecule is CCNC(=NCc1ccnc(N2CCN(C)CC2)c1)NCC(C)Oc1ccccc1OC. The molecule has 1 fully saturated rings. The average molecular weight is 441 g/mol. The maximum atomic E-state index is 6.03. The Hall–Kier alpha value is -3.00. The fourth-order valence-corrected chi connectivity index (χ4v) is 3.49. The minimum Gasteiger partial charge on any atom is -0.493 e. The second-order valence-electron chi connectivity index (χ2n) is 7.97. The second kappa shape index (κ2) is 12.1. The highest BCUT2D eigenvalue weighted by Gasteiger charge is 2.15. The van der Waals surface area contributed by atoms with E-state index in [1.807, 2.05) is 43.5 Å². The van der Waals surface area contributed by atoms with E-state index in [-0.39, 0.29) is 6.10 Å². The molecule has 2 N–H and O–H groups in total. The highest BCUT2D eigenvalue weighted by Crippen LogP contribution is 2.26. The van der Waals surface area contributed by atoms with Gasteiger partial charge in [0.05, 0.1) is 20.2 Å². The minimum atomic E-state index is -0.0556. The molecule has 0 radical (unpaired) electrons. The molecule has 2 heterocycles. The molecular formula is C24H36N6O2. The first-order chi connectivity index (χ1) is 15.6. The number of aliphatic imine (C=N–C) groups is 1. The predicted molar refractivity (Wildman–Crippen MR) is 130 cm³/mol. The maximum Gasteiger partial charge on any atom is 0.191 e. The van der Waals surface area contributed by atoms with E-state index in [0.29, 0.717) is 13.1 Å². The van der Waals surface area contributed by atoms with Gasteiger partial charge in [0.25, 0.3) is 0 Å². The highest BCUT2D eigenvalue weighted by atomic mass is 16.5. The van der Waals surface area contributed by atoms with E-state index < -0.39 is 0 Å². The molecule has 3 rings (SSSR count). The molecular weight excluding hydrogens is 404 g/mol. The number of para-hydroxylation sites is 2. The van der Waals surface area contributed by atoms with Crippen LogP contribution in [-0.4, -0.2) is 75.4 Å². The van der Waals surface area contributed by atoms with Crippen molar-refractivity contribution in [3.63, 3.8) is 0 Å². The van der Waals surface area contributed by atoms with E-state index >= 15 is 0 Å². The number of hydrogen-bond acceptors (Lipinski definition) is 6. The normalized spacial score (nSPS) is 15.9. The van der Waals surface area contributed by atoms with Crippen LogP contribution >= 0.6 is 0 Å².